The van der Waals surface area contributed by atoms with E-state index in [0.29, 0.717) is 18.5 Å². The van der Waals surface area contributed by atoms with Crippen molar-refractivity contribution in [3.8, 4) is 5.88 Å². The summed E-state index contributed by atoms with van der Waals surface area (Å²) in [4.78, 5) is 4.26. The van der Waals surface area contributed by atoms with E-state index in [2.05, 4.69) is 40.1 Å². The Bertz CT molecular complexity index is 560. The number of halogens is 1. The maximum absolute atomic E-state index is 5.76. The molecule has 0 aliphatic rings. The first-order chi connectivity index (χ1) is 9.69. The fraction of sp³-hybridized carbons (Fsp3) is 0.312. The smallest absolute Gasteiger partial charge is 0.213 e. The molecule has 20 heavy (non-hydrogen) atoms. The van der Waals surface area contributed by atoms with Crippen LogP contribution in [-0.2, 0) is 6.61 Å². The molecule has 0 aliphatic heterocycles. The van der Waals surface area contributed by atoms with Gasteiger partial charge in [0.25, 0.3) is 0 Å². The van der Waals surface area contributed by atoms with Crippen LogP contribution in [0.4, 0.5) is 0 Å². The van der Waals surface area contributed by atoms with E-state index in [1.165, 1.54) is 5.56 Å². The van der Waals surface area contributed by atoms with E-state index in [-0.39, 0.29) is 0 Å². The first kappa shape index (κ1) is 15.0. The minimum absolute atomic E-state index is 0.302. The molecule has 3 nitrogen and oxygen atoms in total. The summed E-state index contributed by atoms with van der Waals surface area (Å²) in [7, 11) is 0. The van der Waals surface area contributed by atoms with Crippen LogP contribution in [0.1, 0.15) is 31.0 Å². The van der Waals surface area contributed by atoms with Crippen LogP contribution in [0.2, 0.25) is 0 Å². The summed E-state index contributed by atoms with van der Waals surface area (Å²) >= 11 is 3.46. The number of hydrogen-bond acceptors (Lipinski definition) is 3. The minimum atomic E-state index is 0.302. The predicted molar refractivity (Wildman–Crippen MR) is 84.8 cm³/mol. The van der Waals surface area contributed by atoms with Crippen LogP contribution in [0.15, 0.2) is 47.1 Å². The van der Waals surface area contributed by atoms with Crippen molar-refractivity contribution in [2.24, 2.45) is 0 Å². The monoisotopic (exact) mass is 334 g/mol. The summed E-state index contributed by atoms with van der Waals surface area (Å²) in [6.45, 7) is 5.70. The first-order valence-electron chi connectivity index (χ1n) is 6.75. The zero-order valence-electron chi connectivity index (χ0n) is 11.8. The van der Waals surface area contributed by atoms with E-state index in [4.69, 9.17) is 4.74 Å². The number of nitrogens with one attached hydrogen (secondary N) is 1. The van der Waals surface area contributed by atoms with Crippen LogP contribution < -0.4 is 10.1 Å². The Labute approximate surface area is 128 Å². The summed E-state index contributed by atoms with van der Waals surface area (Å²) in [6.07, 6.45) is 1.79. The van der Waals surface area contributed by atoms with Crippen molar-refractivity contribution in [3.05, 3.63) is 58.2 Å². The van der Waals surface area contributed by atoms with Crippen molar-refractivity contribution in [1.82, 2.24) is 10.3 Å². The van der Waals surface area contributed by atoms with Gasteiger partial charge in [-0.25, -0.2) is 4.98 Å². The molecule has 0 aliphatic carbocycles. The van der Waals surface area contributed by atoms with Gasteiger partial charge in [-0.15, -0.1) is 0 Å². The SMILES string of the molecule is CCNC(C)c1ccnc(OCc2cccc(Br)c2)c1. The summed E-state index contributed by atoms with van der Waals surface area (Å²) in [5.74, 6) is 0.659. The normalized spacial score (nSPS) is 12.2. The number of ether oxygens (including phenoxy) is 1. The van der Waals surface area contributed by atoms with E-state index in [1.54, 1.807) is 6.20 Å². The first-order valence-corrected chi connectivity index (χ1v) is 7.55. The zero-order valence-corrected chi connectivity index (χ0v) is 13.4. The van der Waals surface area contributed by atoms with Gasteiger partial charge in [0.15, 0.2) is 0 Å². The Balaban J connectivity index is 2.01. The Morgan fingerprint density at radius 2 is 2.15 bits per heavy atom. The summed E-state index contributed by atoms with van der Waals surface area (Å²) in [6, 6.07) is 12.4. The van der Waals surface area contributed by atoms with Crippen LogP contribution >= 0.6 is 15.9 Å². The quantitative estimate of drug-likeness (QED) is 0.863. The molecule has 2 aromatic rings. The van der Waals surface area contributed by atoms with Gasteiger partial charge in [0.05, 0.1) is 0 Å². The number of benzene rings is 1. The third kappa shape index (κ3) is 4.32. The maximum atomic E-state index is 5.76. The standard InChI is InChI=1S/C16H19BrN2O/c1-3-18-12(2)14-7-8-19-16(10-14)20-11-13-5-4-6-15(17)9-13/h4-10,12,18H,3,11H2,1-2H3. The van der Waals surface area contributed by atoms with Crippen LogP contribution in [0.3, 0.4) is 0 Å². The van der Waals surface area contributed by atoms with Gasteiger partial charge in [-0.05, 0) is 42.8 Å². The molecular weight excluding hydrogens is 316 g/mol. The highest BCUT2D eigenvalue weighted by Crippen LogP contribution is 2.18. The number of hydrogen-bond donors (Lipinski definition) is 1. The Hall–Kier alpha value is -1.39. The Kier molecular flexibility index (Phi) is 5.56. The van der Waals surface area contributed by atoms with Gasteiger partial charge >= 0.3 is 0 Å². The van der Waals surface area contributed by atoms with Gasteiger partial charge in [0.1, 0.15) is 6.61 Å². The van der Waals surface area contributed by atoms with Gasteiger partial charge in [-0.2, -0.15) is 0 Å². The van der Waals surface area contributed by atoms with E-state index >= 15 is 0 Å². The highest BCUT2D eigenvalue weighted by atomic mass is 79.9. The van der Waals surface area contributed by atoms with Crippen molar-refractivity contribution >= 4 is 15.9 Å². The largest absolute Gasteiger partial charge is 0.473 e. The second-order valence-corrected chi connectivity index (χ2v) is 5.54. The maximum Gasteiger partial charge on any atom is 0.213 e. The lowest BCUT2D eigenvalue weighted by atomic mass is 10.1. The second-order valence-electron chi connectivity index (χ2n) is 4.63. The van der Waals surface area contributed by atoms with E-state index in [0.717, 1.165) is 16.6 Å². The highest BCUT2D eigenvalue weighted by molar-refractivity contribution is 9.10. The molecule has 106 valence electrons. The average Bonchev–Trinajstić information content (AvgIpc) is 2.46. The zero-order chi connectivity index (χ0) is 14.4. The van der Waals surface area contributed by atoms with Crippen molar-refractivity contribution in [2.45, 2.75) is 26.5 Å². The molecule has 1 aromatic carbocycles. The van der Waals surface area contributed by atoms with Gasteiger partial charge in [0.2, 0.25) is 5.88 Å². The topological polar surface area (TPSA) is 34.2 Å². The Morgan fingerprint density at radius 1 is 1.30 bits per heavy atom. The molecule has 1 heterocycles. The lowest BCUT2D eigenvalue weighted by Gasteiger charge is -2.13. The molecule has 0 amide bonds. The van der Waals surface area contributed by atoms with Crippen LogP contribution in [-0.4, -0.2) is 11.5 Å². The fourth-order valence-electron chi connectivity index (χ4n) is 1.98. The molecule has 0 saturated heterocycles. The lowest BCUT2D eigenvalue weighted by molar-refractivity contribution is 0.293. The second kappa shape index (κ2) is 7.41. The average molecular weight is 335 g/mol. The van der Waals surface area contributed by atoms with Crippen LogP contribution in [0, 0.1) is 0 Å². The molecule has 1 unspecified atom stereocenters. The number of nitrogens with zero attached hydrogens (tertiary/aromatic N) is 1. The third-order valence-electron chi connectivity index (χ3n) is 3.04. The molecule has 0 radical (unpaired) electrons. The van der Waals surface area contributed by atoms with Gasteiger partial charge in [0, 0.05) is 22.8 Å². The van der Waals surface area contributed by atoms with Crippen molar-refractivity contribution < 1.29 is 4.74 Å². The summed E-state index contributed by atoms with van der Waals surface area (Å²) in [5, 5.41) is 3.38. The van der Waals surface area contributed by atoms with Crippen molar-refractivity contribution in [3.63, 3.8) is 0 Å². The van der Waals surface area contributed by atoms with Gasteiger partial charge in [-0.1, -0.05) is 35.0 Å². The number of pyridine rings is 1. The van der Waals surface area contributed by atoms with Crippen molar-refractivity contribution in [2.75, 3.05) is 6.54 Å². The molecule has 2 rings (SSSR count). The molecule has 0 fully saturated rings. The highest BCUT2D eigenvalue weighted by Gasteiger charge is 2.06. The van der Waals surface area contributed by atoms with Gasteiger partial charge in [-0.3, -0.25) is 0 Å². The molecule has 1 aromatic heterocycles. The molecule has 1 N–H and O–H groups in total. The molecule has 1 atom stereocenters. The molecule has 4 heteroatoms. The fourth-order valence-corrected chi connectivity index (χ4v) is 2.43. The third-order valence-corrected chi connectivity index (χ3v) is 3.54. The van der Waals surface area contributed by atoms with Gasteiger partial charge < -0.3 is 10.1 Å². The number of aromatic nitrogens is 1. The summed E-state index contributed by atoms with van der Waals surface area (Å²) in [5.41, 5.74) is 2.30. The van der Waals surface area contributed by atoms with E-state index in [9.17, 15) is 0 Å². The molecule has 0 bridgehead atoms. The number of rotatable bonds is 6. The predicted octanol–water partition coefficient (Wildman–Crippen LogP) is 4.09. The van der Waals surface area contributed by atoms with Crippen molar-refractivity contribution in [1.29, 1.82) is 0 Å². The molecule has 0 saturated carbocycles. The Morgan fingerprint density at radius 3 is 2.90 bits per heavy atom. The minimum Gasteiger partial charge on any atom is -0.473 e. The van der Waals surface area contributed by atoms with Crippen LogP contribution in [0.25, 0.3) is 0 Å². The molecular formula is C16H19BrN2O. The van der Waals surface area contributed by atoms with E-state index in [1.807, 2.05) is 36.4 Å². The summed E-state index contributed by atoms with van der Waals surface area (Å²) < 4.78 is 6.81. The van der Waals surface area contributed by atoms with E-state index < -0.39 is 0 Å². The molecule has 0 spiro atoms. The lowest BCUT2D eigenvalue weighted by Crippen LogP contribution is -2.17. The van der Waals surface area contributed by atoms with Crippen LogP contribution in [0.5, 0.6) is 5.88 Å².